The quantitative estimate of drug-likeness (QED) is 0.642. The van der Waals surface area contributed by atoms with E-state index in [9.17, 15) is 9.59 Å². The number of ether oxygens (including phenoxy) is 1. The highest BCUT2D eigenvalue weighted by molar-refractivity contribution is 7.16. The Morgan fingerprint density at radius 1 is 1.07 bits per heavy atom. The molecule has 0 N–H and O–H groups in total. The summed E-state index contributed by atoms with van der Waals surface area (Å²) in [5, 5.41) is 0. The van der Waals surface area contributed by atoms with Crippen LogP contribution in [0.3, 0.4) is 0 Å². The molecule has 0 radical (unpaired) electrons. The van der Waals surface area contributed by atoms with Gasteiger partial charge in [0.1, 0.15) is 0 Å². The molecule has 0 aliphatic heterocycles. The van der Waals surface area contributed by atoms with Crippen molar-refractivity contribution in [3.63, 3.8) is 0 Å². The molecule has 0 saturated heterocycles. The van der Waals surface area contributed by atoms with Gasteiger partial charge in [0.25, 0.3) is 5.91 Å². The molecule has 0 aliphatic carbocycles. The van der Waals surface area contributed by atoms with Crippen LogP contribution < -0.4 is 4.80 Å². The summed E-state index contributed by atoms with van der Waals surface area (Å²) in [4.78, 5) is 29.4. The van der Waals surface area contributed by atoms with E-state index in [1.807, 2.05) is 55.7 Å². The van der Waals surface area contributed by atoms with Crippen molar-refractivity contribution in [3.8, 4) is 0 Å². The van der Waals surface area contributed by atoms with Crippen molar-refractivity contribution in [2.24, 2.45) is 4.99 Å². The highest BCUT2D eigenvalue weighted by Gasteiger charge is 2.12. The van der Waals surface area contributed by atoms with Crippen LogP contribution in [0, 0.1) is 20.8 Å². The van der Waals surface area contributed by atoms with Gasteiger partial charge in [-0.15, -0.1) is 0 Å². The van der Waals surface area contributed by atoms with Crippen LogP contribution in [0.15, 0.2) is 41.4 Å². The van der Waals surface area contributed by atoms with Crippen molar-refractivity contribution < 1.29 is 14.3 Å². The monoisotopic (exact) mass is 382 g/mol. The molecular weight excluding hydrogens is 360 g/mol. The first-order valence-electron chi connectivity index (χ1n) is 8.72. The van der Waals surface area contributed by atoms with Gasteiger partial charge in [0, 0.05) is 12.1 Å². The standard InChI is InChI=1S/C21H22N2O3S/c1-13-5-7-15(3)16(11-13)20(25)22-21-23(10-9-19(24)26-4)17-8-6-14(2)12-18(17)27-21/h5-8,11-12H,9-10H2,1-4H3. The highest BCUT2D eigenvalue weighted by atomic mass is 32.1. The van der Waals surface area contributed by atoms with E-state index in [4.69, 9.17) is 4.74 Å². The Kier molecular flexibility index (Phi) is 5.56. The number of hydrogen-bond acceptors (Lipinski definition) is 4. The van der Waals surface area contributed by atoms with E-state index >= 15 is 0 Å². The Hall–Kier alpha value is -2.73. The zero-order valence-electron chi connectivity index (χ0n) is 15.9. The van der Waals surface area contributed by atoms with Crippen LogP contribution in [0.4, 0.5) is 0 Å². The number of thiazole rings is 1. The van der Waals surface area contributed by atoms with Crippen LogP contribution in [0.25, 0.3) is 10.2 Å². The maximum absolute atomic E-state index is 12.8. The molecule has 5 nitrogen and oxygen atoms in total. The molecule has 0 unspecified atom stereocenters. The lowest BCUT2D eigenvalue weighted by molar-refractivity contribution is -0.140. The van der Waals surface area contributed by atoms with Crippen molar-refractivity contribution in [2.75, 3.05) is 7.11 Å². The van der Waals surface area contributed by atoms with Gasteiger partial charge in [-0.1, -0.05) is 35.1 Å². The molecule has 140 valence electrons. The average molecular weight is 382 g/mol. The average Bonchev–Trinajstić information content (AvgIpc) is 2.97. The van der Waals surface area contributed by atoms with Crippen LogP contribution >= 0.6 is 11.3 Å². The second kappa shape index (κ2) is 7.88. The molecular formula is C21H22N2O3S. The fourth-order valence-electron chi connectivity index (χ4n) is 2.90. The first kappa shape index (κ1) is 19.0. The Morgan fingerprint density at radius 2 is 1.78 bits per heavy atom. The minimum absolute atomic E-state index is 0.223. The third-order valence-electron chi connectivity index (χ3n) is 4.43. The van der Waals surface area contributed by atoms with E-state index in [-0.39, 0.29) is 18.3 Å². The predicted molar refractivity (Wildman–Crippen MR) is 107 cm³/mol. The zero-order valence-corrected chi connectivity index (χ0v) is 16.7. The summed E-state index contributed by atoms with van der Waals surface area (Å²) in [5.41, 5.74) is 4.61. The van der Waals surface area contributed by atoms with Crippen molar-refractivity contribution in [1.82, 2.24) is 4.57 Å². The fourth-order valence-corrected chi connectivity index (χ4v) is 4.05. The molecule has 0 bridgehead atoms. The normalized spacial score (nSPS) is 11.8. The van der Waals surface area contributed by atoms with E-state index in [2.05, 4.69) is 11.1 Å². The minimum atomic E-state index is -0.291. The summed E-state index contributed by atoms with van der Waals surface area (Å²) in [6, 6.07) is 11.8. The molecule has 1 heterocycles. The van der Waals surface area contributed by atoms with Gasteiger partial charge in [0.05, 0.1) is 23.7 Å². The number of fused-ring (bicyclic) bond motifs is 1. The predicted octanol–water partition coefficient (Wildman–Crippen LogP) is 3.93. The molecule has 6 heteroatoms. The van der Waals surface area contributed by atoms with Gasteiger partial charge in [0.2, 0.25) is 0 Å². The Morgan fingerprint density at radius 3 is 2.52 bits per heavy atom. The topological polar surface area (TPSA) is 60.7 Å². The number of aryl methyl sites for hydroxylation is 4. The summed E-state index contributed by atoms with van der Waals surface area (Å²) in [5.74, 6) is -0.563. The van der Waals surface area contributed by atoms with Crippen LogP contribution in [-0.2, 0) is 16.1 Å². The number of rotatable bonds is 4. The van der Waals surface area contributed by atoms with Crippen molar-refractivity contribution >= 4 is 33.4 Å². The van der Waals surface area contributed by atoms with Gasteiger partial charge in [-0.2, -0.15) is 4.99 Å². The van der Waals surface area contributed by atoms with Crippen LogP contribution in [0.1, 0.15) is 33.5 Å². The molecule has 0 fully saturated rings. The van der Waals surface area contributed by atoms with Gasteiger partial charge in [-0.3, -0.25) is 9.59 Å². The van der Waals surface area contributed by atoms with E-state index < -0.39 is 0 Å². The summed E-state index contributed by atoms with van der Waals surface area (Å²) >= 11 is 1.45. The fraction of sp³-hybridized carbons (Fsp3) is 0.286. The first-order chi connectivity index (χ1) is 12.9. The van der Waals surface area contributed by atoms with Gasteiger partial charge in [0.15, 0.2) is 4.80 Å². The van der Waals surface area contributed by atoms with Gasteiger partial charge in [-0.05, 0) is 50.1 Å². The molecule has 0 saturated carbocycles. The summed E-state index contributed by atoms with van der Waals surface area (Å²) in [6.45, 7) is 6.29. The smallest absolute Gasteiger partial charge is 0.307 e. The lowest BCUT2D eigenvalue weighted by Gasteiger charge is -2.05. The number of carbonyl (C=O) groups is 2. The first-order valence-corrected chi connectivity index (χ1v) is 9.54. The molecule has 1 aromatic heterocycles. The van der Waals surface area contributed by atoms with E-state index in [1.165, 1.54) is 18.4 Å². The number of aromatic nitrogens is 1. The summed E-state index contributed by atoms with van der Waals surface area (Å²) < 4.78 is 7.70. The summed E-state index contributed by atoms with van der Waals surface area (Å²) in [6.07, 6.45) is 0.223. The molecule has 1 amide bonds. The maximum atomic E-state index is 12.8. The molecule has 0 aliphatic rings. The molecule has 0 atom stereocenters. The SMILES string of the molecule is COC(=O)CCn1c(=NC(=O)c2cc(C)ccc2C)sc2cc(C)ccc21. The van der Waals surface area contributed by atoms with Gasteiger partial charge in [-0.25, -0.2) is 0 Å². The number of amides is 1. The third kappa shape index (κ3) is 4.17. The number of carbonyl (C=O) groups excluding carboxylic acids is 2. The molecule has 3 aromatic rings. The number of nitrogens with zero attached hydrogens (tertiary/aromatic N) is 2. The lowest BCUT2D eigenvalue weighted by atomic mass is 10.1. The number of hydrogen-bond donors (Lipinski definition) is 0. The van der Waals surface area contributed by atoms with Crippen LogP contribution in [0.2, 0.25) is 0 Å². The third-order valence-corrected chi connectivity index (χ3v) is 5.47. The second-order valence-electron chi connectivity index (χ2n) is 6.57. The minimum Gasteiger partial charge on any atom is -0.469 e. The second-order valence-corrected chi connectivity index (χ2v) is 7.58. The molecule has 27 heavy (non-hydrogen) atoms. The van der Waals surface area contributed by atoms with Gasteiger partial charge >= 0.3 is 5.97 Å². The Bertz CT molecular complexity index is 1090. The van der Waals surface area contributed by atoms with Crippen LogP contribution in [-0.4, -0.2) is 23.6 Å². The Balaban J connectivity index is 2.11. The molecule has 2 aromatic carbocycles. The van der Waals surface area contributed by atoms with E-state index in [1.54, 1.807) is 0 Å². The molecule has 3 rings (SSSR count). The van der Waals surface area contributed by atoms with Crippen molar-refractivity contribution in [3.05, 3.63) is 63.5 Å². The van der Waals surface area contributed by atoms with E-state index in [0.717, 1.165) is 26.9 Å². The van der Waals surface area contributed by atoms with Crippen LogP contribution in [0.5, 0.6) is 0 Å². The number of benzene rings is 2. The van der Waals surface area contributed by atoms with Crippen molar-refractivity contribution in [2.45, 2.75) is 33.7 Å². The largest absolute Gasteiger partial charge is 0.469 e. The lowest BCUT2D eigenvalue weighted by Crippen LogP contribution is -2.19. The molecule has 0 spiro atoms. The van der Waals surface area contributed by atoms with E-state index in [0.29, 0.717) is 16.9 Å². The zero-order chi connectivity index (χ0) is 19.6. The highest BCUT2D eigenvalue weighted by Crippen LogP contribution is 2.20. The summed E-state index contributed by atoms with van der Waals surface area (Å²) in [7, 11) is 1.37. The maximum Gasteiger partial charge on any atom is 0.307 e. The number of methoxy groups -OCH3 is 1. The van der Waals surface area contributed by atoms with Crippen molar-refractivity contribution in [1.29, 1.82) is 0 Å². The van der Waals surface area contributed by atoms with Gasteiger partial charge < -0.3 is 9.30 Å². The Labute approximate surface area is 161 Å². The number of esters is 1.